The molecule has 37 heavy (non-hydrogen) atoms. The molecule has 0 saturated carbocycles. The highest BCUT2D eigenvalue weighted by Gasteiger charge is 2.28. The number of ether oxygens (including phenoxy) is 2. The molecule has 3 heterocycles. The number of urea groups is 1. The van der Waals surface area contributed by atoms with Crippen molar-refractivity contribution < 1.29 is 29.0 Å². The van der Waals surface area contributed by atoms with Crippen molar-refractivity contribution in [2.24, 2.45) is 0 Å². The van der Waals surface area contributed by atoms with Crippen LogP contribution in [0.1, 0.15) is 34.9 Å². The van der Waals surface area contributed by atoms with Gasteiger partial charge in [-0.3, -0.25) is 9.59 Å². The molecule has 0 fully saturated rings. The highest BCUT2D eigenvalue weighted by Crippen LogP contribution is 2.34. The Morgan fingerprint density at radius 1 is 1.11 bits per heavy atom. The second-order valence-corrected chi connectivity index (χ2v) is 10.2. The number of carbonyl (C=O) groups is 3. The van der Waals surface area contributed by atoms with E-state index >= 15 is 0 Å². The van der Waals surface area contributed by atoms with Gasteiger partial charge in [0.15, 0.2) is 11.5 Å². The van der Waals surface area contributed by atoms with Gasteiger partial charge >= 0.3 is 12.0 Å². The number of nitrogens with zero attached hydrogens (tertiary/aromatic N) is 1. The minimum Gasteiger partial charge on any atom is -0.481 e. The second-order valence-electron chi connectivity index (χ2n) is 8.36. The topological polar surface area (TPSA) is 117 Å². The van der Waals surface area contributed by atoms with Crippen LogP contribution in [0.5, 0.6) is 11.5 Å². The predicted octanol–water partition coefficient (Wildman–Crippen LogP) is 4.53. The molecule has 1 aliphatic heterocycles. The number of carbonyl (C=O) groups excluding carboxylic acids is 2. The zero-order valence-corrected chi connectivity index (χ0v) is 21.6. The summed E-state index contributed by atoms with van der Waals surface area (Å²) in [6.45, 7) is 4.62. The summed E-state index contributed by atoms with van der Waals surface area (Å²) in [6, 6.07) is 8.46. The fourth-order valence-corrected chi connectivity index (χ4v) is 5.31. The van der Waals surface area contributed by atoms with Crippen molar-refractivity contribution in [1.29, 1.82) is 0 Å². The number of hydrogen-bond donors (Lipinski definition) is 3. The Hall–Kier alpha value is -3.83. The summed E-state index contributed by atoms with van der Waals surface area (Å²) < 4.78 is 10.7. The lowest BCUT2D eigenvalue weighted by molar-refractivity contribution is -0.137. The second kappa shape index (κ2) is 12.4. The minimum atomic E-state index is -1.08. The summed E-state index contributed by atoms with van der Waals surface area (Å²) in [5.41, 5.74) is 1.55. The van der Waals surface area contributed by atoms with Gasteiger partial charge in [-0.15, -0.1) is 17.9 Å². The summed E-state index contributed by atoms with van der Waals surface area (Å²) in [7, 11) is 0. The van der Waals surface area contributed by atoms with E-state index in [2.05, 4.69) is 17.2 Å². The maximum atomic E-state index is 13.6. The van der Waals surface area contributed by atoms with Crippen LogP contribution in [-0.2, 0) is 22.7 Å². The molecular formula is C26H27N3O6S2. The van der Waals surface area contributed by atoms with Gasteiger partial charge in [-0.1, -0.05) is 18.2 Å². The van der Waals surface area contributed by atoms with Crippen molar-refractivity contribution in [2.45, 2.75) is 38.0 Å². The number of fused-ring (bicyclic) bond motifs is 1. The van der Waals surface area contributed by atoms with Gasteiger partial charge in [0.2, 0.25) is 12.7 Å². The molecule has 11 heteroatoms. The van der Waals surface area contributed by atoms with E-state index in [-0.39, 0.29) is 25.5 Å². The first-order valence-corrected chi connectivity index (χ1v) is 13.4. The van der Waals surface area contributed by atoms with E-state index < -0.39 is 24.1 Å². The largest absolute Gasteiger partial charge is 0.481 e. The monoisotopic (exact) mass is 541 g/mol. The van der Waals surface area contributed by atoms with Gasteiger partial charge in [0, 0.05) is 11.4 Å². The Kier molecular flexibility index (Phi) is 8.81. The Morgan fingerprint density at radius 3 is 2.65 bits per heavy atom. The van der Waals surface area contributed by atoms with Crippen molar-refractivity contribution in [2.75, 3.05) is 6.79 Å². The fraction of sp³-hybridized carbons (Fsp3) is 0.269. The normalized spacial score (nSPS) is 13.4. The highest BCUT2D eigenvalue weighted by atomic mass is 32.1. The molecule has 2 aromatic heterocycles. The van der Waals surface area contributed by atoms with Gasteiger partial charge in [-0.05, 0) is 58.0 Å². The molecular weight excluding hydrogens is 514 g/mol. The lowest BCUT2D eigenvalue weighted by Crippen LogP contribution is -2.51. The van der Waals surface area contributed by atoms with E-state index in [1.807, 2.05) is 34.3 Å². The first kappa shape index (κ1) is 26.2. The van der Waals surface area contributed by atoms with Gasteiger partial charge in [-0.2, -0.15) is 11.3 Å². The Labute approximate surface area is 222 Å². The molecule has 1 aromatic carbocycles. The summed E-state index contributed by atoms with van der Waals surface area (Å²) in [4.78, 5) is 40.9. The van der Waals surface area contributed by atoms with Gasteiger partial charge in [0.1, 0.15) is 6.04 Å². The highest BCUT2D eigenvalue weighted by molar-refractivity contribution is 7.09. The van der Waals surface area contributed by atoms with E-state index in [4.69, 9.17) is 9.47 Å². The van der Waals surface area contributed by atoms with Crippen LogP contribution < -0.4 is 20.1 Å². The zero-order valence-electron chi connectivity index (χ0n) is 19.9. The number of carboxylic acids is 1. The van der Waals surface area contributed by atoms with Crippen molar-refractivity contribution in [3.8, 4) is 11.5 Å². The summed E-state index contributed by atoms with van der Waals surface area (Å²) in [6.07, 6.45) is 1.43. The zero-order chi connectivity index (χ0) is 26.2. The number of nitrogens with one attached hydrogen (secondary N) is 2. The van der Waals surface area contributed by atoms with Crippen LogP contribution in [0.2, 0.25) is 0 Å². The first-order valence-electron chi connectivity index (χ1n) is 11.5. The molecule has 3 N–H and O–H groups in total. The molecule has 0 aliphatic carbocycles. The molecule has 3 amide bonds. The molecule has 194 valence electrons. The van der Waals surface area contributed by atoms with Crippen LogP contribution in [-0.4, -0.2) is 40.7 Å². The first-order chi connectivity index (χ1) is 17.9. The number of benzene rings is 1. The third-order valence-corrected chi connectivity index (χ3v) is 7.27. The quantitative estimate of drug-likeness (QED) is 0.290. The van der Waals surface area contributed by atoms with Gasteiger partial charge in [-0.25, -0.2) is 4.79 Å². The Morgan fingerprint density at radius 2 is 1.95 bits per heavy atom. The number of amides is 3. The third kappa shape index (κ3) is 7.11. The summed E-state index contributed by atoms with van der Waals surface area (Å²) >= 11 is 3.11. The molecule has 4 rings (SSSR count). The minimum absolute atomic E-state index is 0.0784. The molecule has 0 bridgehead atoms. The van der Waals surface area contributed by atoms with E-state index in [0.29, 0.717) is 30.2 Å². The molecule has 3 aromatic rings. The maximum absolute atomic E-state index is 13.6. The van der Waals surface area contributed by atoms with Crippen LogP contribution in [0.15, 0.2) is 65.2 Å². The van der Waals surface area contributed by atoms with E-state index in [1.54, 1.807) is 51.8 Å². The van der Waals surface area contributed by atoms with Crippen molar-refractivity contribution in [3.63, 3.8) is 0 Å². The number of thiophene rings is 2. The van der Waals surface area contributed by atoms with Crippen LogP contribution >= 0.6 is 22.7 Å². The number of hydrogen-bond acceptors (Lipinski definition) is 7. The van der Waals surface area contributed by atoms with Crippen LogP contribution in [0.3, 0.4) is 0 Å². The summed E-state index contributed by atoms with van der Waals surface area (Å²) in [5, 5.41) is 20.7. The number of aliphatic carboxylic acids is 1. The molecule has 1 aliphatic rings. The SMILES string of the molecule is C=CCC(NC(=O)N[C@@H](CC(=O)O)c1ccc2c(c1)OCO2)C(=O)N(Cc1ccsc1)Cc1cccs1. The lowest BCUT2D eigenvalue weighted by Gasteiger charge is -2.28. The third-order valence-electron chi connectivity index (χ3n) is 5.68. The van der Waals surface area contributed by atoms with Crippen LogP contribution in [0.25, 0.3) is 0 Å². The standard InChI is InChI=1S/C26H27N3O6S2/c1-2-4-20(25(32)29(13-17-8-10-36-15-17)14-19-5-3-9-37-19)27-26(33)28-21(12-24(30)31)18-6-7-22-23(11-18)35-16-34-22/h2-3,5-11,15,20-21H,1,4,12-14,16H2,(H,30,31)(H2,27,28,33)/t20?,21-/m0/s1. The van der Waals surface area contributed by atoms with E-state index in [9.17, 15) is 19.5 Å². The smallest absolute Gasteiger partial charge is 0.315 e. The van der Waals surface area contributed by atoms with Gasteiger partial charge in [0.25, 0.3) is 0 Å². The Balaban J connectivity index is 1.48. The van der Waals surface area contributed by atoms with E-state index in [1.165, 1.54) is 0 Å². The van der Waals surface area contributed by atoms with Crippen LogP contribution in [0, 0.1) is 0 Å². The van der Waals surface area contributed by atoms with Crippen molar-refractivity contribution in [1.82, 2.24) is 15.5 Å². The average molecular weight is 542 g/mol. The van der Waals surface area contributed by atoms with Gasteiger partial charge in [0.05, 0.1) is 19.0 Å². The molecule has 9 nitrogen and oxygen atoms in total. The fourth-order valence-electron chi connectivity index (χ4n) is 3.93. The summed E-state index contributed by atoms with van der Waals surface area (Å²) in [5.74, 6) is -0.310. The van der Waals surface area contributed by atoms with Crippen molar-refractivity contribution in [3.05, 3.63) is 81.2 Å². The molecule has 0 spiro atoms. The molecule has 2 atom stereocenters. The molecule has 0 radical (unpaired) electrons. The number of rotatable bonds is 12. The average Bonchev–Trinajstić information content (AvgIpc) is 3.65. The Bertz CT molecular complexity index is 1190. The lowest BCUT2D eigenvalue weighted by atomic mass is 10.0. The van der Waals surface area contributed by atoms with Crippen LogP contribution in [0.4, 0.5) is 4.79 Å². The van der Waals surface area contributed by atoms with Crippen molar-refractivity contribution >= 4 is 40.6 Å². The van der Waals surface area contributed by atoms with E-state index in [0.717, 1.165) is 10.4 Å². The maximum Gasteiger partial charge on any atom is 0.315 e. The number of carboxylic acid groups (broad SMARTS) is 1. The van der Waals surface area contributed by atoms with Gasteiger partial charge < -0.3 is 30.1 Å². The molecule has 0 saturated heterocycles. The molecule has 1 unspecified atom stereocenters. The predicted molar refractivity (Wildman–Crippen MR) is 141 cm³/mol.